The highest BCUT2D eigenvalue weighted by Crippen LogP contribution is 2.48. The molecule has 0 atom stereocenters. The summed E-state index contributed by atoms with van der Waals surface area (Å²) in [6, 6.07) is 9.40. The highest BCUT2D eigenvalue weighted by molar-refractivity contribution is 5.69. The molecule has 0 spiro atoms. The van der Waals surface area contributed by atoms with E-state index in [0.717, 1.165) is 18.4 Å². The Kier molecular flexibility index (Phi) is 4.04. The van der Waals surface area contributed by atoms with Gasteiger partial charge < -0.3 is 15.2 Å². The molecule has 5 nitrogen and oxygen atoms in total. The average Bonchev–Trinajstić information content (AvgIpc) is 3.14. The average molecular weight is 263 g/mol. The molecule has 1 aliphatic rings. The van der Waals surface area contributed by atoms with Crippen LogP contribution in [0.2, 0.25) is 0 Å². The first-order chi connectivity index (χ1) is 9.10. The summed E-state index contributed by atoms with van der Waals surface area (Å²) >= 11 is 0. The second kappa shape index (κ2) is 5.73. The van der Waals surface area contributed by atoms with Gasteiger partial charge in [0, 0.05) is 6.54 Å². The predicted molar refractivity (Wildman–Crippen MR) is 68.5 cm³/mol. The van der Waals surface area contributed by atoms with Gasteiger partial charge in [-0.15, -0.1) is 0 Å². The number of hydrogen-bond acceptors (Lipinski definition) is 3. The van der Waals surface area contributed by atoms with Gasteiger partial charge in [-0.25, -0.2) is 4.79 Å². The second-order valence-electron chi connectivity index (χ2n) is 4.99. The smallest absolute Gasteiger partial charge is 0.407 e. The summed E-state index contributed by atoms with van der Waals surface area (Å²) in [6.07, 6.45) is 1.29. The lowest BCUT2D eigenvalue weighted by Gasteiger charge is -2.13. The van der Waals surface area contributed by atoms with Gasteiger partial charge in [0.15, 0.2) is 0 Å². The van der Waals surface area contributed by atoms with Crippen LogP contribution in [0, 0.1) is 5.41 Å². The fourth-order valence-electron chi connectivity index (χ4n) is 1.95. The maximum Gasteiger partial charge on any atom is 0.407 e. The zero-order chi connectivity index (χ0) is 13.7. The number of alkyl carbamates (subject to hydrolysis) is 1. The Morgan fingerprint density at radius 1 is 1.26 bits per heavy atom. The van der Waals surface area contributed by atoms with E-state index < -0.39 is 12.1 Å². The molecule has 0 aliphatic heterocycles. The number of nitrogens with one attached hydrogen (secondary N) is 1. The number of carboxylic acid groups (broad SMARTS) is 1. The van der Waals surface area contributed by atoms with Crippen molar-refractivity contribution in [2.75, 3.05) is 6.54 Å². The lowest BCUT2D eigenvalue weighted by molar-refractivity contribution is -0.138. The van der Waals surface area contributed by atoms with Crippen LogP contribution in [-0.4, -0.2) is 23.7 Å². The fraction of sp³-hybridized carbons (Fsp3) is 0.429. The Bertz CT molecular complexity index is 454. The SMILES string of the molecule is O=C(O)CC1(CNC(=O)OCc2ccccc2)CC1. The molecule has 1 amide bonds. The largest absolute Gasteiger partial charge is 0.481 e. The topological polar surface area (TPSA) is 75.6 Å². The van der Waals surface area contributed by atoms with E-state index in [2.05, 4.69) is 5.32 Å². The Labute approximate surface area is 111 Å². The summed E-state index contributed by atoms with van der Waals surface area (Å²) in [7, 11) is 0. The van der Waals surface area contributed by atoms with Crippen molar-refractivity contribution in [2.24, 2.45) is 5.41 Å². The summed E-state index contributed by atoms with van der Waals surface area (Å²) in [5.74, 6) is -0.822. The van der Waals surface area contributed by atoms with Crippen LogP contribution >= 0.6 is 0 Å². The first kappa shape index (κ1) is 13.4. The van der Waals surface area contributed by atoms with E-state index >= 15 is 0 Å². The number of rotatable bonds is 6. The quantitative estimate of drug-likeness (QED) is 0.824. The van der Waals surface area contributed by atoms with E-state index in [0.29, 0.717) is 6.54 Å². The zero-order valence-corrected chi connectivity index (χ0v) is 10.6. The molecule has 1 aliphatic carbocycles. The van der Waals surface area contributed by atoms with Crippen molar-refractivity contribution in [3.05, 3.63) is 35.9 Å². The third kappa shape index (κ3) is 4.28. The highest BCUT2D eigenvalue weighted by atomic mass is 16.5. The molecule has 0 bridgehead atoms. The predicted octanol–water partition coefficient (Wildman–Crippen LogP) is 2.17. The van der Waals surface area contributed by atoms with Gasteiger partial charge in [0.25, 0.3) is 0 Å². The Hall–Kier alpha value is -2.04. The molecular weight excluding hydrogens is 246 g/mol. The number of amides is 1. The lowest BCUT2D eigenvalue weighted by Crippen LogP contribution is -2.31. The third-order valence-corrected chi connectivity index (χ3v) is 3.30. The maximum absolute atomic E-state index is 11.5. The number of aliphatic carboxylic acids is 1. The molecule has 0 saturated heterocycles. The van der Waals surface area contributed by atoms with Crippen LogP contribution in [-0.2, 0) is 16.1 Å². The number of carbonyl (C=O) groups is 2. The third-order valence-electron chi connectivity index (χ3n) is 3.30. The summed E-state index contributed by atoms with van der Waals surface area (Å²) < 4.78 is 5.06. The van der Waals surface area contributed by atoms with Crippen molar-refractivity contribution in [1.29, 1.82) is 0 Å². The van der Waals surface area contributed by atoms with E-state index in [1.54, 1.807) is 0 Å². The van der Waals surface area contributed by atoms with Crippen LogP contribution < -0.4 is 5.32 Å². The van der Waals surface area contributed by atoms with Gasteiger partial charge in [-0.3, -0.25) is 4.79 Å². The zero-order valence-electron chi connectivity index (χ0n) is 10.6. The molecule has 2 N–H and O–H groups in total. The van der Waals surface area contributed by atoms with Crippen molar-refractivity contribution in [3.8, 4) is 0 Å². The molecule has 1 fully saturated rings. The van der Waals surface area contributed by atoms with Crippen molar-refractivity contribution in [1.82, 2.24) is 5.32 Å². The summed E-state index contributed by atoms with van der Waals surface area (Å²) in [5, 5.41) is 11.4. The standard InChI is InChI=1S/C14H17NO4/c16-12(17)8-14(6-7-14)10-15-13(18)19-9-11-4-2-1-3-5-11/h1-5H,6-10H2,(H,15,18)(H,16,17). The van der Waals surface area contributed by atoms with E-state index in [1.807, 2.05) is 30.3 Å². The summed E-state index contributed by atoms with van der Waals surface area (Å²) in [4.78, 5) is 22.2. The summed E-state index contributed by atoms with van der Waals surface area (Å²) in [6.45, 7) is 0.589. The van der Waals surface area contributed by atoms with Gasteiger partial charge in [0.05, 0.1) is 6.42 Å². The van der Waals surface area contributed by atoms with Gasteiger partial charge in [-0.2, -0.15) is 0 Å². The normalized spacial score (nSPS) is 15.6. The van der Waals surface area contributed by atoms with Crippen LogP contribution in [0.4, 0.5) is 4.79 Å². The molecule has 2 rings (SSSR count). The van der Waals surface area contributed by atoms with Gasteiger partial charge >= 0.3 is 12.1 Å². The van der Waals surface area contributed by atoms with E-state index in [-0.39, 0.29) is 18.4 Å². The van der Waals surface area contributed by atoms with Gasteiger partial charge in [-0.1, -0.05) is 30.3 Å². The van der Waals surface area contributed by atoms with Gasteiger partial charge in [0.1, 0.15) is 6.61 Å². The van der Waals surface area contributed by atoms with Gasteiger partial charge in [0.2, 0.25) is 0 Å². The second-order valence-corrected chi connectivity index (χ2v) is 4.99. The van der Waals surface area contributed by atoms with Crippen molar-refractivity contribution < 1.29 is 19.4 Å². The van der Waals surface area contributed by atoms with Crippen LogP contribution in [0.1, 0.15) is 24.8 Å². The Morgan fingerprint density at radius 2 is 1.95 bits per heavy atom. The molecule has 102 valence electrons. The number of hydrogen-bond donors (Lipinski definition) is 2. The summed E-state index contributed by atoms with van der Waals surface area (Å²) in [5.41, 5.74) is 0.668. The Morgan fingerprint density at radius 3 is 2.53 bits per heavy atom. The van der Waals surface area contributed by atoms with Crippen molar-refractivity contribution in [3.63, 3.8) is 0 Å². The molecule has 0 unspecified atom stereocenters. The first-order valence-electron chi connectivity index (χ1n) is 6.26. The molecular formula is C14H17NO4. The van der Waals surface area contributed by atoms with Crippen LogP contribution in [0.5, 0.6) is 0 Å². The minimum atomic E-state index is -0.822. The monoisotopic (exact) mass is 263 g/mol. The minimum Gasteiger partial charge on any atom is -0.481 e. The molecule has 1 aromatic carbocycles. The number of ether oxygens (including phenoxy) is 1. The molecule has 5 heteroatoms. The van der Waals surface area contributed by atoms with Crippen molar-refractivity contribution >= 4 is 12.1 Å². The van der Waals surface area contributed by atoms with Crippen LogP contribution in [0.3, 0.4) is 0 Å². The van der Waals surface area contributed by atoms with E-state index in [4.69, 9.17) is 9.84 Å². The number of carboxylic acids is 1. The van der Waals surface area contributed by atoms with Crippen LogP contribution in [0.15, 0.2) is 30.3 Å². The molecule has 0 heterocycles. The molecule has 1 saturated carbocycles. The van der Waals surface area contributed by atoms with Crippen molar-refractivity contribution in [2.45, 2.75) is 25.9 Å². The molecule has 0 radical (unpaired) electrons. The molecule has 0 aromatic heterocycles. The van der Waals surface area contributed by atoms with Gasteiger partial charge in [-0.05, 0) is 23.8 Å². The highest BCUT2D eigenvalue weighted by Gasteiger charge is 2.44. The van der Waals surface area contributed by atoms with Crippen LogP contribution in [0.25, 0.3) is 0 Å². The fourth-order valence-corrected chi connectivity index (χ4v) is 1.95. The maximum atomic E-state index is 11.5. The lowest BCUT2D eigenvalue weighted by atomic mass is 10.0. The molecule has 19 heavy (non-hydrogen) atoms. The van der Waals surface area contributed by atoms with E-state index in [1.165, 1.54) is 0 Å². The van der Waals surface area contributed by atoms with E-state index in [9.17, 15) is 9.59 Å². The minimum absolute atomic E-state index is 0.103. The number of benzene rings is 1. The Balaban J connectivity index is 1.69. The number of carbonyl (C=O) groups excluding carboxylic acids is 1. The molecule has 1 aromatic rings. The first-order valence-corrected chi connectivity index (χ1v) is 6.26.